The van der Waals surface area contributed by atoms with Crippen LogP contribution in [-0.4, -0.2) is 57.7 Å². The van der Waals surface area contributed by atoms with E-state index in [-0.39, 0.29) is 17.4 Å². The summed E-state index contributed by atoms with van der Waals surface area (Å²) in [5.41, 5.74) is 7.62. The van der Waals surface area contributed by atoms with Crippen molar-refractivity contribution in [2.24, 2.45) is 0 Å². The Balaban J connectivity index is 1.44. The molecule has 6 heteroatoms. The van der Waals surface area contributed by atoms with Crippen LogP contribution in [-0.2, 0) is 26.9 Å². The van der Waals surface area contributed by atoms with Crippen molar-refractivity contribution in [3.8, 4) is 0 Å². The number of hydrogen-bond acceptors (Lipinski definition) is 6. The monoisotopic (exact) mass is 496 g/mol. The van der Waals surface area contributed by atoms with Crippen LogP contribution in [0.15, 0.2) is 42.5 Å². The van der Waals surface area contributed by atoms with Crippen LogP contribution in [0.3, 0.4) is 0 Å². The average Bonchev–Trinajstić information content (AvgIpc) is 2.85. The fraction of sp³-hybridized carbons (Fsp3) is 0.533. The number of aliphatic hydroxyl groups is 4. The lowest BCUT2D eigenvalue weighted by Crippen LogP contribution is -2.59. The van der Waals surface area contributed by atoms with Crippen LogP contribution >= 0.6 is 0 Å². The molecule has 5 atom stereocenters. The number of hydrogen-bond donors (Lipinski definition) is 4. The van der Waals surface area contributed by atoms with E-state index in [9.17, 15) is 20.4 Å². The summed E-state index contributed by atoms with van der Waals surface area (Å²) in [5, 5.41) is 39.5. The largest absolute Gasteiger partial charge is 0.394 e. The number of rotatable bonds is 6. The Labute approximate surface area is 214 Å². The first-order valence-electron chi connectivity index (χ1n) is 12.8. The average molecular weight is 497 g/mol. The second-order valence-electron chi connectivity index (χ2n) is 11.6. The maximum Gasteiger partial charge on any atom is 0.184 e. The number of allylic oxidation sites excluding steroid dienone is 1. The Hall–Kier alpha value is -2.06. The normalized spacial score (nSPS) is 29.6. The first-order chi connectivity index (χ1) is 16.9. The standard InChI is InChI=1S/C30H40O6/c1-18(21-10-11-22-23(15-21)30(4,5)13-12-29(22,2)3)14-19-6-8-20(9-7-19)17-35-27-26(33)25(32)24(16-31)36-28(27)34/h6-11,14-15,24-28,31-34H,12-13,16-17H2,1-5H3/b18-14+/t24-,25-,26+,27-,28-/m1/s1. The smallest absolute Gasteiger partial charge is 0.184 e. The number of benzene rings is 2. The van der Waals surface area contributed by atoms with Crippen LogP contribution in [0.5, 0.6) is 0 Å². The summed E-state index contributed by atoms with van der Waals surface area (Å²) in [4.78, 5) is 0. The van der Waals surface area contributed by atoms with Crippen LogP contribution < -0.4 is 0 Å². The number of fused-ring (bicyclic) bond motifs is 1. The first-order valence-corrected chi connectivity index (χ1v) is 12.8. The minimum absolute atomic E-state index is 0.136. The predicted molar refractivity (Wildman–Crippen MR) is 140 cm³/mol. The van der Waals surface area contributed by atoms with E-state index in [2.05, 4.69) is 58.9 Å². The summed E-state index contributed by atoms with van der Waals surface area (Å²) in [6, 6.07) is 14.8. The Bertz CT molecular complexity index is 1090. The van der Waals surface area contributed by atoms with Crippen LogP contribution in [0, 0.1) is 0 Å². The Morgan fingerprint density at radius 1 is 0.944 bits per heavy atom. The van der Waals surface area contributed by atoms with Crippen molar-refractivity contribution < 1.29 is 29.9 Å². The van der Waals surface area contributed by atoms with Gasteiger partial charge in [0.1, 0.15) is 24.4 Å². The quantitative estimate of drug-likeness (QED) is 0.453. The highest BCUT2D eigenvalue weighted by molar-refractivity contribution is 5.80. The lowest BCUT2D eigenvalue weighted by molar-refractivity contribution is -0.298. The highest BCUT2D eigenvalue weighted by Crippen LogP contribution is 2.46. The Morgan fingerprint density at radius 2 is 1.58 bits per heavy atom. The van der Waals surface area contributed by atoms with Crippen LogP contribution in [0.2, 0.25) is 0 Å². The fourth-order valence-corrected chi connectivity index (χ4v) is 5.32. The zero-order valence-corrected chi connectivity index (χ0v) is 21.9. The van der Waals surface area contributed by atoms with Crippen LogP contribution in [0.25, 0.3) is 11.6 Å². The van der Waals surface area contributed by atoms with Crippen molar-refractivity contribution in [1.82, 2.24) is 0 Å². The molecule has 0 bridgehead atoms. The zero-order chi connectivity index (χ0) is 26.3. The lowest BCUT2D eigenvalue weighted by Gasteiger charge is -2.42. The van der Waals surface area contributed by atoms with Gasteiger partial charge in [0.05, 0.1) is 13.2 Å². The van der Waals surface area contributed by atoms with E-state index in [1.54, 1.807) is 0 Å². The van der Waals surface area contributed by atoms with Gasteiger partial charge in [-0.15, -0.1) is 0 Å². The van der Waals surface area contributed by atoms with Gasteiger partial charge in [-0.1, -0.05) is 76.2 Å². The van der Waals surface area contributed by atoms with Crippen molar-refractivity contribution in [1.29, 1.82) is 0 Å². The molecule has 196 valence electrons. The zero-order valence-electron chi connectivity index (χ0n) is 21.9. The van der Waals surface area contributed by atoms with Gasteiger partial charge in [-0.3, -0.25) is 0 Å². The molecule has 4 N–H and O–H groups in total. The van der Waals surface area contributed by atoms with Crippen molar-refractivity contribution >= 4 is 11.6 Å². The van der Waals surface area contributed by atoms with Gasteiger partial charge in [0.15, 0.2) is 6.29 Å². The van der Waals surface area contributed by atoms with E-state index < -0.39 is 37.3 Å². The topological polar surface area (TPSA) is 99.4 Å². The van der Waals surface area contributed by atoms with Gasteiger partial charge in [0.25, 0.3) is 0 Å². The lowest BCUT2D eigenvalue weighted by atomic mass is 9.63. The molecule has 1 heterocycles. The summed E-state index contributed by atoms with van der Waals surface area (Å²) < 4.78 is 10.8. The van der Waals surface area contributed by atoms with E-state index in [0.717, 1.165) is 11.1 Å². The van der Waals surface area contributed by atoms with Gasteiger partial charge >= 0.3 is 0 Å². The van der Waals surface area contributed by atoms with Gasteiger partial charge in [0, 0.05) is 0 Å². The summed E-state index contributed by atoms with van der Waals surface area (Å²) in [6.45, 7) is 11.1. The molecule has 6 nitrogen and oxygen atoms in total. The number of aliphatic hydroxyl groups excluding tert-OH is 4. The maximum absolute atomic E-state index is 10.2. The third-order valence-corrected chi connectivity index (χ3v) is 7.96. The highest BCUT2D eigenvalue weighted by atomic mass is 16.7. The molecule has 2 aromatic carbocycles. The van der Waals surface area contributed by atoms with Crippen molar-refractivity contribution in [2.75, 3.05) is 6.61 Å². The Kier molecular flexibility index (Phi) is 7.77. The predicted octanol–water partition coefficient (Wildman–Crippen LogP) is 3.91. The molecule has 1 aliphatic heterocycles. The van der Waals surface area contributed by atoms with Crippen LogP contribution in [0.1, 0.15) is 75.3 Å². The van der Waals surface area contributed by atoms with Crippen molar-refractivity contribution in [3.63, 3.8) is 0 Å². The minimum atomic E-state index is -1.43. The molecular formula is C30H40O6. The summed E-state index contributed by atoms with van der Waals surface area (Å²) >= 11 is 0. The molecule has 2 aromatic rings. The molecule has 0 radical (unpaired) electrons. The van der Waals surface area contributed by atoms with Crippen LogP contribution in [0.4, 0.5) is 0 Å². The van der Waals surface area contributed by atoms with Gasteiger partial charge < -0.3 is 29.9 Å². The third kappa shape index (κ3) is 5.44. The molecule has 36 heavy (non-hydrogen) atoms. The molecule has 0 amide bonds. The van der Waals surface area contributed by atoms with Gasteiger partial charge in [-0.05, 0) is 64.0 Å². The van der Waals surface area contributed by atoms with Gasteiger partial charge in [0.2, 0.25) is 0 Å². The molecule has 0 saturated carbocycles. The minimum Gasteiger partial charge on any atom is -0.394 e. The molecular weight excluding hydrogens is 456 g/mol. The second kappa shape index (κ2) is 10.4. The van der Waals surface area contributed by atoms with Crippen molar-refractivity contribution in [3.05, 3.63) is 70.3 Å². The molecule has 0 spiro atoms. The van der Waals surface area contributed by atoms with E-state index in [4.69, 9.17) is 9.47 Å². The summed E-state index contributed by atoms with van der Waals surface area (Å²) in [6.07, 6.45) is -1.72. The molecule has 0 unspecified atom stereocenters. The van der Waals surface area contributed by atoms with E-state index >= 15 is 0 Å². The maximum atomic E-state index is 10.2. The highest BCUT2D eigenvalue weighted by Gasteiger charge is 2.44. The molecule has 1 aliphatic carbocycles. The Morgan fingerprint density at radius 3 is 2.22 bits per heavy atom. The second-order valence-corrected chi connectivity index (χ2v) is 11.6. The molecule has 0 aromatic heterocycles. The molecule has 4 rings (SSSR count). The SMILES string of the molecule is C/C(=C\c1ccc(CO[C@@H]2[C@@H](O)[C@H](O)[C@@H](CO)O[C@H]2O)cc1)c1ccc2c(c1)C(C)(C)CCC2(C)C. The summed E-state index contributed by atoms with van der Waals surface area (Å²) in [5.74, 6) is 0. The van der Waals surface area contributed by atoms with Crippen molar-refractivity contribution in [2.45, 2.75) is 95.6 Å². The molecule has 1 saturated heterocycles. The molecule has 1 fully saturated rings. The third-order valence-electron chi connectivity index (χ3n) is 7.96. The fourth-order valence-electron chi connectivity index (χ4n) is 5.32. The van der Waals surface area contributed by atoms with E-state index in [1.807, 2.05) is 24.3 Å². The van der Waals surface area contributed by atoms with E-state index in [0.29, 0.717) is 0 Å². The van der Waals surface area contributed by atoms with Gasteiger partial charge in [-0.2, -0.15) is 0 Å². The number of ether oxygens (including phenoxy) is 2. The first kappa shape index (κ1) is 27.0. The van der Waals surface area contributed by atoms with E-state index in [1.165, 1.54) is 35.1 Å². The summed E-state index contributed by atoms with van der Waals surface area (Å²) in [7, 11) is 0. The molecule has 2 aliphatic rings. The van der Waals surface area contributed by atoms with Gasteiger partial charge in [-0.25, -0.2) is 0 Å².